The predicted molar refractivity (Wildman–Crippen MR) is 173 cm³/mol. The number of benzene rings is 2. The Morgan fingerprint density at radius 3 is 2.07 bits per heavy atom. The van der Waals surface area contributed by atoms with E-state index in [1.807, 2.05) is 72.5 Å². The Morgan fingerprint density at radius 1 is 0.822 bits per heavy atom. The van der Waals surface area contributed by atoms with Crippen LogP contribution in [0.5, 0.6) is 0 Å². The lowest BCUT2D eigenvalue weighted by Gasteiger charge is -2.10. The summed E-state index contributed by atoms with van der Waals surface area (Å²) >= 11 is 0. The number of para-hydroxylation sites is 4. The van der Waals surface area contributed by atoms with Crippen LogP contribution in [0.1, 0.15) is 47.5 Å². The van der Waals surface area contributed by atoms with Crippen LogP contribution in [0.25, 0.3) is 22.1 Å². The van der Waals surface area contributed by atoms with Crippen LogP contribution in [0.15, 0.2) is 72.8 Å². The van der Waals surface area contributed by atoms with Gasteiger partial charge in [0.25, 0.3) is 5.91 Å². The van der Waals surface area contributed by atoms with Crippen molar-refractivity contribution in [2.24, 2.45) is 0 Å². The Hall–Kier alpha value is -5.23. The summed E-state index contributed by atoms with van der Waals surface area (Å²) in [6.45, 7) is 10.4. The molecule has 6 aromatic rings. The highest BCUT2D eigenvalue weighted by atomic mass is 16.6. The first-order chi connectivity index (χ1) is 21.9. The standard InChI is InChI=1S/C33H36N10O2/c1-5-42-27(19-21(3)38-42)29-31(45-29)37-33-35-24-14-8-10-16-26(24)41(33)18-12-11-17-40-25-15-9-7-13-23(25)34-32(40)36-30(44)28-20-22(4)39-43(28)6-2/h7-16,19-20,29,31H,5-6,17-18H2,1-4H3,(H,35,37)(H,34,36,44)/b12-11+. The monoisotopic (exact) mass is 604 g/mol. The second kappa shape index (κ2) is 11.7. The van der Waals surface area contributed by atoms with Crippen molar-refractivity contribution in [3.05, 3.63) is 95.6 Å². The molecule has 2 unspecified atom stereocenters. The predicted octanol–water partition coefficient (Wildman–Crippen LogP) is 5.45. The first-order valence-electron chi connectivity index (χ1n) is 15.3. The molecule has 0 bridgehead atoms. The quantitative estimate of drug-likeness (QED) is 0.149. The van der Waals surface area contributed by atoms with E-state index in [0.29, 0.717) is 31.3 Å². The van der Waals surface area contributed by atoms with Crippen molar-refractivity contribution in [3.8, 4) is 0 Å². The summed E-state index contributed by atoms with van der Waals surface area (Å²) < 4.78 is 13.9. The van der Waals surface area contributed by atoms with E-state index in [9.17, 15) is 4.79 Å². The average molecular weight is 605 g/mol. The lowest BCUT2D eigenvalue weighted by Crippen LogP contribution is -2.19. The Kier molecular flexibility index (Phi) is 7.42. The van der Waals surface area contributed by atoms with Crippen LogP contribution in [0.4, 0.5) is 11.9 Å². The molecule has 0 radical (unpaired) electrons. The van der Waals surface area contributed by atoms with Gasteiger partial charge in [-0.3, -0.25) is 19.5 Å². The second-order valence-corrected chi connectivity index (χ2v) is 11.1. The zero-order valence-electron chi connectivity index (χ0n) is 25.8. The first kappa shape index (κ1) is 28.5. The van der Waals surface area contributed by atoms with Gasteiger partial charge in [-0.2, -0.15) is 10.2 Å². The summed E-state index contributed by atoms with van der Waals surface area (Å²) in [5.74, 6) is 0.995. The summed E-state index contributed by atoms with van der Waals surface area (Å²) in [5.41, 5.74) is 7.04. The van der Waals surface area contributed by atoms with E-state index in [4.69, 9.17) is 14.7 Å². The Balaban J connectivity index is 1.11. The van der Waals surface area contributed by atoms with E-state index in [-0.39, 0.29) is 18.2 Å². The number of nitrogens with one attached hydrogen (secondary N) is 2. The number of anilines is 2. The Morgan fingerprint density at radius 2 is 1.40 bits per heavy atom. The largest absolute Gasteiger partial charge is 0.341 e. The van der Waals surface area contributed by atoms with E-state index in [1.54, 1.807) is 10.7 Å². The van der Waals surface area contributed by atoms with E-state index < -0.39 is 0 Å². The van der Waals surface area contributed by atoms with Gasteiger partial charge in [0.05, 0.1) is 39.1 Å². The smallest absolute Gasteiger partial charge is 0.276 e. The molecule has 0 saturated carbocycles. The zero-order valence-corrected chi connectivity index (χ0v) is 25.8. The molecule has 2 aromatic carbocycles. The molecule has 1 amide bonds. The molecule has 1 fully saturated rings. The van der Waals surface area contributed by atoms with Crippen molar-refractivity contribution in [2.75, 3.05) is 10.6 Å². The molecule has 2 N–H and O–H groups in total. The second-order valence-electron chi connectivity index (χ2n) is 11.1. The van der Waals surface area contributed by atoms with Crippen molar-refractivity contribution < 1.29 is 9.53 Å². The summed E-state index contributed by atoms with van der Waals surface area (Å²) in [6.07, 6.45) is 3.94. The SMILES string of the molecule is CCn1nc(C)cc1C(=O)Nc1nc2ccccc2n1C/C=C/Cn1c(NC2OC2c2cc(C)nn2CC)nc2ccccc21. The number of aromatic nitrogens is 8. The number of ether oxygens (including phenoxy) is 1. The lowest BCUT2D eigenvalue weighted by atomic mass is 10.3. The van der Waals surface area contributed by atoms with Gasteiger partial charge in [-0.1, -0.05) is 36.4 Å². The molecule has 45 heavy (non-hydrogen) atoms. The van der Waals surface area contributed by atoms with Crippen LogP contribution in [0.2, 0.25) is 0 Å². The number of amides is 1. The highest BCUT2D eigenvalue weighted by Crippen LogP contribution is 2.39. The number of hydrogen-bond acceptors (Lipinski definition) is 7. The molecular weight excluding hydrogens is 568 g/mol. The van der Waals surface area contributed by atoms with E-state index >= 15 is 0 Å². The molecule has 1 aliphatic rings. The molecule has 12 nitrogen and oxygen atoms in total. The fourth-order valence-electron chi connectivity index (χ4n) is 5.84. The summed E-state index contributed by atoms with van der Waals surface area (Å²) in [4.78, 5) is 22.9. The van der Waals surface area contributed by atoms with Gasteiger partial charge in [-0.05, 0) is 64.1 Å². The van der Waals surface area contributed by atoms with E-state index in [2.05, 4.69) is 56.6 Å². The van der Waals surface area contributed by atoms with Crippen molar-refractivity contribution in [1.29, 1.82) is 0 Å². The summed E-state index contributed by atoms with van der Waals surface area (Å²) in [7, 11) is 0. The highest BCUT2D eigenvalue weighted by Gasteiger charge is 2.43. The Bertz CT molecular complexity index is 2040. The van der Waals surface area contributed by atoms with Gasteiger partial charge in [-0.25, -0.2) is 9.97 Å². The maximum Gasteiger partial charge on any atom is 0.276 e. The van der Waals surface area contributed by atoms with Crippen LogP contribution < -0.4 is 10.6 Å². The van der Waals surface area contributed by atoms with Crippen molar-refractivity contribution in [1.82, 2.24) is 38.7 Å². The van der Waals surface area contributed by atoms with Crippen LogP contribution in [0.3, 0.4) is 0 Å². The molecule has 0 aliphatic carbocycles. The molecule has 5 heterocycles. The van der Waals surface area contributed by atoms with E-state index in [0.717, 1.165) is 51.6 Å². The van der Waals surface area contributed by atoms with Gasteiger partial charge in [0, 0.05) is 26.2 Å². The fourth-order valence-corrected chi connectivity index (χ4v) is 5.84. The number of hydrogen-bond donors (Lipinski definition) is 2. The minimum Gasteiger partial charge on any atom is -0.341 e. The molecule has 230 valence electrons. The number of imidazole rings is 2. The molecule has 7 rings (SSSR count). The zero-order chi connectivity index (χ0) is 31.1. The normalized spacial score (nSPS) is 16.3. The number of carbonyl (C=O) groups is 1. The molecule has 2 atom stereocenters. The Labute approximate surface area is 260 Å². The third-order valence-corrected chi connectivity index (χ3v) is 8.00. The first-order valence-corrected chi connectivity index (χ1v) is 15.3. The minimum atomic E-state index is -0.240. The van der Waals surface area contributed by atoms with Gasteiger partial charge < -0.3 is 19.2 Å². The third-order valence-electron chi connectivity index (χ3n) is 8.00. The van der Waals surface area contributed by atoms with Gasteiger partial charge in [-0.15, -0.1) is 0 Å². The van der Waals surface area contributed by atoms with Crippen molar-refractivity contribution in [3.63, 3.8) is 0 Å². The number of fused-ring (bicyclic) bond motifs is 2. The van der Waals surface area contributed by atoms with Gasteiger partial charge in [0.2, 0.25) is 11.9 Å². The maximum atomic E-state index is 13.3. The molecule has 4 aromatic heterocycles. The number of epoxide rings is 1. The maximum absolute atomic E-state index is 13.3. The third kappa shape index (κ3) is 5.48. The van der Waals surface area contributed by atoms with Crippen LogP contribution >= 0.6 is 0 Å². The molecule has 12 heteroatoms. The molecule has 1 aliphatic heterocycles. The lowest BCUT2D eigenvalue weighted by molar-refractivity contribution is 0.101. The van der Waals surface area contributed by atoms with Crippen LogP contribution in [-0.2, 0) is 30.9 Å². The number of aryl methyl sites for hydroxylation is 4. The van der Waals surface area contributed by atoms with Gasteiger partial charge in [0.15, 0.2) is 6.23 Å². The number of rotatable bonds is 11. The number of allylic oxidation sites excluding steroid dienone is 2. The topological polar surface area (TPSA) is 125 Å². The number of carbonyl (C=O) groups excluding carboxylic acids is 1. The average Bonchev–Trinajstić information content (AvgIpc) is 3.31. The summed E-state index contributed by atoms with van der Waals surface area (Å²) in [5, 5.41) is 15.5. The molecule has 1 saturated heterocycles. The van der Waals surface area contributed by atoms with Gasteiger partial charge in [0.1, 0.15) is 11.8 Å². The van der Waals surface area contributed by atoms with Crippen LogP contribution in [-0.4, -0.2) is 50.8 Å². The van der Waals surface area contributed by atoms with Crippen molar-refractivity contribution in [2.45, 2.75) is 66.2 Å². The van der Waals surface area contributed by atoms with E-state index in [1.165, 1.54) is 0 Å². The van der Waals surface area contributed by atoms with Crippen molar-refractivity contribution >= 4 is 39.9 Å². The molecular formula is C33H36N10O2. The highest BCUT2D eigenvalue weighted by molar-refractivity contribution is 6.03. The van der Waals surface area contributed by atoms with Crippen LogP contribution in [0, 0.1) is 13.8 Å². The fraction of sp³-hybridized carbons (Fsp3) is 0.303. The summed E-state index contributed by atoms with van der Waals surface area (Å²) in [6, 6.07) is 19.8. The number of nitrogens with zero attached hydrogens (tertiary/aromatic N) is 8. The minimum absolute atomic E-state index is 0.0713. The van der Waals surface area contributed by atoms with Gasteiger partial charge >= 0.3 is 0 Å². The molecule has 0 spiro atoms.